The van der Waals surface area contributed by atoms with Crippen LogP contribution in [0.3, 0.4) is 0 Å². The van der Waals surface area contributed by atoms with Crippen LogP contribution in [0, 0.1) is 0 Å². The lowest BCUT2D eigenvalue weighted by Crippen LogP contribution is -2.65. The van der Waals surface area contributed by atoms with Crippen molar-refractivity contribution in [3.63, 3.8) is 0 Å². The summed E-state index contributed by atoms with van der Waals surface area (Å²) in [6, 6.07) is 8.08. The lowest BCUT2D eigenvalue weighted by molar-refractivity contribution is -0.352. The number of hydrogen-bond acceptors (Lipinski definition) is 15. The summed E-state index contributed by atoms with van der Waals surface area (Å²) in [5.41, 5.74) is -0.0851. The maximum Gasteiger partial charge on any atom is 0.229 e. The number of aliphatic hydroxyl groups excluding tert-OH is 7. The number of hydrogen-bond donors (Lipinski definition) is 9. The summed E-state index contributed by atoms with van der Waals surface area (Å²) >= 11 is 0. The van der Waals surface area contributed by atoms with E-state index in [1.807, 2.05) is 0 Å². The SMILES string of the molecule is O=c1c(-c2ccc(O)cc2)coc2cc(OC3O[C@@H](CO)[C@H](OC4O[C@@H](CO)[C@H](O)[C@@H](O)[C@@H]4O)[C@@H](O)[C@@H]3O)cc(O)c12. The molecule has 0 aliphatic carbocycles. The molecule has 228 valence electrons. The predicted molar refractivity (Wildman–Crippen MR) is 138 cm³/mol. The topological polar surface area (TPSA) is 249 Å². The van der Waals surface area contributed by atoms with E-state index in [0.717, 1.165) is 6.07 Å². The minimum Gasteiger partial charge on any atom is -0.508 e. The van der Waals surface area contributed by atoms with Crippen LogP contribution in [-0.4, -0.2) is 121 Å². The third-order valence-electron chi connectivity index (χ3n) is 7.22. The Morgan fingerprint density at radius 3 is 2.07 bits per heavy atom. The number of phenols is 2. The molecule has 15 heteroatoms. The van der Waals surface area contributed by atoms with Crippen molar-refractivity contribution in [3.05, 3.63) is 52.9 Å². The van der Waals surface area contributed by atoms with E-state index in [1.54, 1.807) is 0 Å². The zero-order valence-corrected chi connectivity index (χ0v) is 21.7. The van der Waals surface area contributed by atoms with Gasteiger partial charge in [0, 0.05) is 12.1 Å². The van der Waals surface area contributed by atoms with Crippen LogP contribution in [0.25, 0.3) is 22.1 Å². The van der Waals surface area contributed by atoms with Gasteiger partial charge in [-0.1, -0.05) is 12.1 Å². The normalized spacial score (nSPS) is 33.5. The molecule has 9 N–H and O–H groups in total. The van der Waals surface area contributed by atoms with Crippen LogP contribution in [0.4, 0.5) is 0 Å². The first kappa shape index (κ1) is 30.1. The maximum atomic E-state index is 13.1. The molecule has 0 amide bonds. The molecular weight excluding hydrogens is 564 g/mol. The minimum absolute atomic E-state index is 0.000932. The van der Waals surface area contributed by atoms with Gasteiger partial charge in [-0.3, -0.25) is 4.79 Å². The van der Waals surface area contributed by atoms with Crippen LogP contribution in [0.5, 0.6) is 17.2 Å². The lowest BCUT2D eigenvalue weighted by Gasteiger charge is -2.45. The quantitative estimate of drug-likeness (QED) is 0.142. The Hall–Kier alpha value is -3.35. The molecule has 0 bridgehead atoms. The number of rotatable bonds is 7. The lowest BCUT2D eigenvalue weighted by atomic mass is 9.97. The van der Waals surface area contributed by atoms with Gasteiger partial charge in [0.15, 0.2) is 6.29 Å². The third kappa shape index (κ3) is 5.55. The number of ether oxygens (including phenoxy) is 4. The fraction of sp³-hybridized carbons (Fsp3) is 0.444. The van der Waals surface area contributed by atoms with Crippen molar-refractivity contribution in [2.24, 2.45) is 0 Å². The van der Waals surface area contributed by atoms with Crippen LogP contribution >= 0.6 is 0 Å². The Morgan fingerprint density at radius 2 is 1.40 bits per heavy atom. The largest absolute Gasteiger partial charge is 0.508 e. The first-order valence-corrected chi connectivity index (χ1v) is 12.9. The van der Waals surface area contributed by atoms with Crippen molar-refractivity contribution in [2.75, 3.05) is 13.2 Å². The van der Waals surface area contributed by atoms with Crippen LogP contribution in [0.1, 0.15) is 0 Å². The average Bonchev–Trinajstić information content (AvgIpc) is 2.97. The molecule has 5 rings (SSSR count). The van der Waals surface area contributed by atoms with Crippen molar-refractivity contribution in [1.82, 2.24) is 0 Å². The van der Waals surface area contributed by atoms with Gasteiger partial charge in [0.25, 0.3) is 0 Å². The van der Waals surface area contributed by atoms with E-state index < -0.39 is 85.8 Å². The molecule has 2 unspecified atom stereocenters. The zero-order chi connectivity index (χ0) is 30.3. The van der Waals surface area contributed by atoms with Gasteiger partial charge in [-0.15, -0.1) is 0 Å². The highest BCUT2D eigenvalue weighted by atomic mass is 16.7. The van der Waals surface area contributed by atoms with Crippen LogP contribution in [0.2, 0.25) is 0 Å². The second kappa shape index (κ2) is 12.1. The number of benzene rings is 2. The van der Waals surface area contributed by atoms with Gasteiger partial charge in [-0.2, -0.15) is 0 Å². The molecule has 2 aromatic carbocycles. The zero-order valence-electron chi connectivity index (χ0n) is 21.7. The molecule has 1 aromatic heterocycles. The van der Waals surface area contributed by atoms with Gasteiger partial charge in [0.05, 0.1) is 18.8 Å². The van der Waals surface area contributed by atoms with Gasteiger partial charge in [0.1, 0.15) is 83.3 Å². The Morgan fingerprint density at radius 1 is 0.762 bits per heavy atom. The van der Waals surface area contributed by atoms with E-state index in [-0.39, 0.29) is 28.0 Å². The molecule has 42 heavy (non-hydrogen) atoms. The molecule has 2 aliphatic heterocycles. The third-order valence-corrected chi connectivity index (χ3v) is 7.22. The molecular formula is C27H30O15. The fourth-order valence-electron chi connectivity index (χ4n) is 4.90. The Labute approximate surface area is 236 Å². The first-order chi connectivity index (χ1) is 20.0. The summed E-state index contributed by atoms with van der Waals surface area (Å²) in [7, 11) is 0. The highest BCUT2D eigenvalue weighted by Crippen LogP contribution is 2.34. The summed E-state index contributed by atoms with van der Waals surface area (Å²) in [5, 5.41) is 91.0. The molecule has 10 atom stereocenters. The van der Waals surface area contributed by atoms with Crippen molar-refractivity contribution in [2.45, 2.75) is 61.4 Å². The van der Waals surface area contributed by atoms with Crippen molar-refractivity contribution >= 4 is 11.0 Å². The van der Waals surface area contributed by atoms with Crippen LogP contribution in [-0.2, 0) is 14.2 Å². The molecule has 0 saturated carbocycles. The monoisotopic (exact) mass is 594 g/mol. The van der Waals surface area contributed by atoms with E-state index in [0.29, 0.717) is 5.56 Å². The minimum atomic E-state index is -1.83. The van der Waals surface area contributed by atoms with Gasteiger partial charge in [-0.25, -0.2) is 0 Å². The van der Waals surface area contributed by atoms with Gasteiger partial charge in [0.2, 0.25) is 11.7 Å². The number of fused-ring (bicyclic) bond motifs is 1. The summed E-state index contributed by atoms with van der Waals surface area (Å²) in [6.45, 7) is -1.50. The maximum absolute atomic E-state index is 13.1. The number of aliphatic hydroxyl groups is 7. The Bertz CT molecular complexity index is 1440. The summed E-state index contributed by atoms with van der Waals surface area (Å²) < 4.78 is 27.5. The van der Waals surface area contributed by atoms with E-state index >= 15 is 0 Å². The Kier molecular flexibility index (Phi) is 8.68. The molecule has 0 spiro atoms. The summed E-state index contributed by atoms with van der Waals surface area (Å²) in [4.78, 5) is 13.1. The van der Waals surface area contributed by atoms with Crippen LogP contribution in [0.15, 0.2) is 51.9 Å². The van der Waals surface area contributed by atoms with Crippen LogP contribution < -0.4 is 10.2 Å². The predicted octanol–water partition coefficient (Wildman–Crippen LogP) is -2.13. The van der Waals surface area contributed by atoms with Gasteiger partial charge >= 0.3 is 0 Å². The van der Waals surface area contributed by atoms with Gasteiger partial charge < -0.3 is 69.3 Å². The molecule has 15 nitrogen and oxygen atoms in total. The van der Waals surface area contributed by atoms with E-state index in [9.17, 15) is 50.8 Å². The molecule has 3 heterocycles. The summed E-state index contributed by atoms with van der Waals surface area (Å²) in [6.07, 6.45) is -15.2. The van der Waals surface area contributed by atoms with E-state index in [1.165, 1.54) is 36.6 Å². The highest BCUT2D eigenvalue weighted by molar-refractivity contribution is 5.88. The van der Waals surface area contributed by atoms with Crippen molar-refractivity contribution in [1.29, 1.82) is 0 Å². The summed E-state index contributed by atoms with van der Waals surface area (Å²) in [5.74, 6) is -0.659. The first-order valence-electron chi connectivity index (χ1n) is 12.9. The van der Waals surface area contributed by atoms with Crippen molar-refractivity contribution < 1.29 is 69.3 Å². The molecule has 2 fully saturated rings. The number of aromatic hydroxyl groups is 2. The molecule has 2 aliphatic rings. The molecule has 3 aromatic rings. The van der Waals surface area contributed by atoms with E-state index in [4.69, 9.17) is 23.4 Å². The second-order valence-corrected chi connectivity index (χ2v) is 9.96. The highest BCUT2D eigenvalue weighted by Gasteiger charge is 2.51. The smallest absolute Gasteiger partial charge is 0.229 e. The second-order valence-electron chi connectivity index (χ2n) is 9.96. The molecule has 2 saturated heterocycles. The molecule has 0 radical (unpaired) electrons. The fourth-order valence-corrected chi connectivity index (χ4v) is 4.90. The van der Waals surface area contributed by atoms with Crippen molar-refractivity contribution in [3.8, 4) is 28.4 Å². The standard InChI is InChI=1S/C27H30O15/c28-7-16-20(33)21(34)23(36)27(40-16)42-25-17(8-29)41-26(24(37)22(25)35)39-12-5-14(31)18-15(6-12)38-9-13(19(18)32)10-1-3-11(30)4-2-10/h1-6,9,16-17,20-31,33-37H,7-8H2/t16-,17-,20-,21+,22-,23-,24-,25-,26?,27?/m0/s1. The number of phenolic OH excluding ortho intramolecular Hbond substituents is 2. The Balaban J connectivity index is 1.34. The van der Waals surface area contributed by atoms with Gasteiger partial charge in [-0.05, 0) is 17.7 Å². The van der Waals surface area contributed by atoms with E-state index in [2.05, 4.69) is 0 Å². The average molecular weight is 595 g/mol.